The molecule has 1 heterocycles. The Kier molecular flexibility index (Phi) is 2.59. The number of nitrogen functional groups attached to an aromatic ring is 1. The van der Waals surface area contributed by atoms with Crippen molar-refractivity contribution in [3.05, 3.63) is 27.0 Å². The van der Waals surface area contributed by atoms with Crippen molar-refractivity contribution in [3.8, 4) is 0 Å². The third kappa shape index (κ3) is 2.47. The third-order valence-electron chi connectivity index (χ3n) is 2.32. The molecule has 82 valence electrons. The second-order valence-electron chi connectivity index (χ2n) is 3.76. The minimum Gasteiger partial charge on any atom is -0.393 e. The highest BCUT2D eigenvalue weighted by atomic mass is 16.5. The summed E-state index contributed by atoms with van der Waals surface area (Å²) in [5, 5.41) is 0. The van der Waals surface area contributed by atoms with E-state index in [0.717, 1.165) is 0 Å². The molecule has 0 spiro atoms. The molecule has 3 N–H and O–H groups in total. The van der Waals surface area contributed by atoms with E-state index in [2.05, 4.69) is 4.98 Å². The molecule has 0 unspecified atom stereocenters. The molecule has 0 amide bonds. The van der Waals surface area contributed by atoms with Crippen LogP contribution < -0.4 is 17.0 Å². The summed E-state index contributed by atoms with van der Waals surface area (Å²) in [6.07, 6.45) is 3.69. The van der Waals surface area contributed by atoms with Crippen molar-refractivity contribution in [1.29, 1.82) is 0 Å². The van der Waals surface area contributed by atoms with E-state index in [0.29, 0.717) is 12.5 Å². The van der Waals surface area contributed by atoms with E-state index in [1.165, 1.54) is 23.6 Å². The third-order valence-corrected chi connectivity index (χ3v) is 2.32. The molecule has 6 heteroatoms. The Morgan fingerprint density at radius 2 is 2.27 bits per heavy atom. The fourth-order valence-corrected chi connectivity index (χ4v) is 1.22. The summed E-state index contributed by atoms with van der Waals surface area (Å²) in [6, 6.07) is 0. The van der Waals surface area contributed by atoms with Gasteiger partial charge in [0, 0.05) is 6.20 Å². The van der Waals surface area contributed by atoms with Gasteiger partial charge in [-0.15, -0.1) is 0 Å². The van der Waals surface area contributed by atoms with Crippen molar-refractivity contribution in [2.45, 2.75) is 19.6 Å². The molecule has 0 aliphatic heterocycles. The second-order valence-corrected chi connectivity index (χ2v) is 3.76. The van der Waals surface area contributed by atoms with Gasteiger partial charge in [0.2, 0.25) is 0 Å². The van der Waals surface area contributed by atoms with Crippen LogP contribution in [0.25, 0.3) is 0 Å². The molecular weight excluding hydrogens is 198 g/mol. The summed E-state index contributed by atoms with van der Waals surface area (Å²) >= 11 is 0. The number of rotatable bonds is 4. The van der Waals surface area contributed by atoms with Crippen molar-refractivity contribution in [1.82, 2.24) is 9.55 Å². The Morgan fingerprint density at radius 3 is 2.93 bits per heavy atom. The first kappa shape index (κ1) is 9.97. The van der Waals surface area contributed by atoms with Gasteiger partial charge in [-0.1, -0.05) is 0 Å². The number of aromatic amines is 1. The number of nitrogens with zero attached hydrogens (tertiary/aromatic N) is 1. The van der Waals surface area contributed by atoms with Crippen LogP contribution in [0.4, 0.5) is 5.69 Å². The zero-order valence-electron chi connectivity index (χ0n) is 8.23. The number of hydrogen-bond acceptors (Lipinski definition) is 4. The minimum absolute atomic E-state index is 0.0182. The molecule has 1 aliphatic rings. The van der Waals surface area contributed by atoms with Gasteiger partial charge in [0.05, 0.1) is 6.61 Å². The molecule has 1 saturated carbocycles. The largest absolute Gasteiger partial charge is 0.393 e. The van der Waals surface area contributed by atoms with Gasteiger partial charge in [-0.25, -0.2) is 4.79 Å². The smallest absolute Gasteiger partial charge is 0.330 e. The quantitative estimate of drug-likeness (QED) is 0.702. The molecule has 0 saturated heterocycles. The number of aromatic nitrogens is 2. The minimum atomic E-state index is -0.557. The van der Waals surface area contributed by atoms with Crippen LogP contribution in [0.1, 0.15) is 12.8 Å². The second kappa shape index (κ2) is 3.90. The molecular formula is C9H13N3O3. The van der Waals surface area contributed by atoms with Gasteiger partial charge in [-0.3, -0.25) is 14.3 Å². The van der Waals surface area contributed by atoms with Gasteiger partial charge in [0.15, 0.2) is 0 Å². The number of hydrogen-bond donors (Lipinski definition) is 2. The SMILES string of the molecule is Nc1cn(COCC2CC2)c(=O)[nH]c1=O. The zero-order chi connectivity index (χ0) is 10.8. The first-order valence-electron chi connectivity index (χ1n) is 4.84. The lowest BCUT2D eigenvalue weighted by molar-refractivity contribution is 0.0659. The van der Waals surface area contributed by atoms with Crippen molar-refractivity contribution < 1.29 is 4.74 Å². The van der Waals surface area contributed by atoms with Crippen molar-refractivity contribution >= 4 is 5.69 Å². The molecule has 1 aliphatic carbocycles. The van der Waals surface area contributed by atoms with Crippen molar-refractivity contribution in [2.24, 2.45) is 5.92 Å². The van der Waals surface area contributed by atoms with Gasteiger partial charge < -0.3 is 10.5 Å². The highest BCUT2D eigenvalue weighted by Gasteiger charge is 2.21. The monoisotopic (exact) mass is 211 g/mol. The van der Waals surface area contributed by atoms with Crippen LogP contribution in [0.15, 0.2) is 15.8 Å². The molecule has 2 rings (SSSR count). The van der Waals surface area contributed by atoms with Gasteiger partial charge in [-0.05, 0) is 18.8 Å². The number of ether oxygens (including phenoxy) is 1. The molecule has 0 atom stereocenters. The standard InChI is InChI=1S/C9H13N3O3/c10-7-3-12(9(14)11-8(7)13)5-15-4-6-1-2-6/h3,6H,1-2,4-5,10H2,(H,11,13,14). The highest BCUT2D eigenvalue weighted by molar-refractivity contribution is 5.29. The van der Waals surface area contributed by atoms with Crippen molar-refractivity contribution in [3.63, 3.8) is 0 Å². The van der Waals surface area contributed by atoms with Gasteiger partial charge in [0.1, 0.15) is 12.4 Å². The van der Waals surface area contributed by atoms with Crippen molar-refractivity contribution in [2.75, 3.05) is 12.3 Å². The summed E-state index contributed by atoms with van der Waals surface area (Å²) < 4.78 is 6.55. The summed E-state index contributed by atoms with van der Waals surface area (Å²) in [5.74, 6) is 0.640. The summed E-state index contributed by atoms with van der Waals surface area (Å²) in [4.78, 5) is 24.3. The topological polar surface area (TPSA) is 90.1 Å². The van der Waals surface area contributed by atoms with E-state index in [1.807, 2.05) is 0 Å². The number of nitrogens with one attached hydrogen (secondary N) is 1. The number of anilines is 1. The fourth-order valence-electron chi connectivity index (χ4n) is 1.22. The Morgan fingerprint density at radius 1 is 1.53 bits per heavy atom. The average Bonchev–Trinajstić information content (AvgIpc) is 2.97. The van der Waals surface area contributed by atoms with Gasteiger partial charge >= 0.3 is 5.69 Å². The van der Waals surface area contributed by atoms with Crippen LogP contribution >= 0.6 is 0 Å². The Hall–Kier alpha value is -1.56. The predicted molar refractivity (Wildman–Crippen MR) is 54.4 cm³/mol. The maximum absolute atomic E-state index is 11.3. The first-order chi connectivity index (χ1) is 7.16. The maximum atomic E-state index is 11.3. The van der Waals surface area contributed by atoms with Crippen LogP contribution in [0, 0.1) is 5.92 Å². The molecule has 1 aromatic heterocycles. The molecule has 0 aromatic carbocycles. The lowest BCUT2D eigenvalue weighted by atomic mass is 10.5. The summed E-state index contributed by atoms with van der Waals surface area (Å²) in [7, 11) is 0. The lowest BCUT2D eigenvalue weighted by Crippen LogP contribution is -2.31. The Bertz CT molecular complexity index is 458. The van der Waals surface area contributed by atoms with E-state index in [9.17, 15) is 9.59 Å². The van der Waals surface area contributed by atoms with Crippen LogP contribution in [-0.2, 0) is 11.5 Å². The van der Waals surface area contributed by atoms with E-state index in [4.69, 9.17) is 10.5 Å². The molecule has 15 heavy (non-hydrogen) atoms. The Balaban J connectivity index is 2.03. The number of H-pyrrole nitrogens is 1. The number of nitrogens with two attached hydrogens (primary N) is 1. The molecule has 1 aromatic rings. The van der Waals surface area contributed by atoms with E-state index in [1.54, 1.807) is 0 Å². The van der Waals surface area contributed by atoms with Crippen LogP contribution in [0.3, 0.4) is 0 Å². The van der Waals surface area contributed by atoms with E-state index < -0.39 is 11.2 Å². The van der Waals surface area contributed by atoms with Crippen LogP contribution in [0.2, 0.25) is 0 Å². The van der Waals surface area contributed by atoms with Crippen LogP contribution in [-0.4, -0.2) is 16.2 Å². The highest BCUT2D eigenvalue weighted by Crippen LogP contribution is 2.28. The first-order valence-corrected chi connectivity index (χ1v) is 4.84. The fraction of sp³-hybridized carbons (Fsp3) is 0.556. The molecule has 6 nitrogen and oxygen atoms in total. The summed E-state index contributed by atoms with van der Waals surface area (Å²) in [5.41, 5.74) is 4.34. The predicted octanol–water partition coefficient (Wildman–Crippen LogP) is -0.497. The molecule has 1 fully saturated rings. The molecule has 0 radical (unpaired) electrons. The van der Waals surface area contributed by atoms with E-state index in [-0.39, 0.29) is 12.4 Å². The van der Waals surface area contributed by atoms with Gasteiger partial charge in [0.25, 0.3) is 5.56 Å². The maximum Gasteiger partial charge on any atom is 0.330 e. The normalized spacial score (nSPS) is 15.5. The lowest BCUT2D eigenvalue weighted by Gasteiger charge is -2.06. The molecule has 0 bridgehead atoms. The van der Waals surface area contributed by atoms with Gasteiger partial charge in [-0.2, -0.15) is 0 Å². The van der Waals surface area contributed by atoms with E-state index >= 15 is 0 Å². The Labute approximate surface area is 85.7 Å². The summed E-state index contributed by atoms with van der Waals surface area (Å²) in [6.45, 7) is 0.793. The van der Waals surface area contributed by atoms with Crippen LogP contribution in [0.5, 0.6) is 0 Å². The zero-order valence-corrected chi connectivity index (χ0v) is 8.23. The average molecular weight is 211 g/mol.